The first-order chi connectivity index (χ1) is 13.0. The number of nitrogens with one attached hydrogen (secondary N) is 1. The monoisotopic (exact) mass is 369 g/mol. The number of amides is 1. The molecule has 2 aromatic rings. The van der Waals surface area contributed by atoms with Crippen molar-refractivity contribution in [3.05, 3.63) is 59.2 Å². The molecule has 1 heterocycles. The van der Waals surface area contributed by atoms with Crippen LogP contribution < -0.4 is 14.8 Å². The average Bonchev–Trinajstić information content (AvgIpc) is 2.98. The molecule has 0 bridgehead atoms. The van der Waals surface area contributed by atoms with Crippen LogP contribution in [0, 0.1) is 0 Å². The summed E-state index contributed by atoms with van der Waals surface area (Å²) in [6.07, 6.45) is 0. The molecule has 7 nitrogen and oxygen atoms in total. The summed E-state index contributed by atoms with van der Waals surface area (Å²) >= 11 is 0. The number of aliphatic hydroxyl groups excluding tert-OH is 1. The van der Waals surface area contributed by atoms with E-state index in [2.05, 4.69) is 5.32 Å². The van der Waals surface area contributed by atoms with Gasteiger partial charge < -0.3 is 25.0 Å². The Bertz CT molecular complexity index is 934. The van der Waals surface area contributed by atoms with Gasteiger partial charge in [-0.05, 0) is 36.8 Å². The summed E-state index contributed by atoms with van der Waals surface area (Å²) in [5, 5.41) is 23.2. The first-order valence-electron chi connectivity index (χ1n) is 8.34. The first-order valence-corrected chi connectivity index (χ1v) is 8.34. The van der Waals surface area contributed by atoms with E-state index in [1.54, 1.807) is 37.3 Å². The number of phenols is 1. The highest BCUT2D eigenvalue weighted by molar-refractivity contribution is 6.46. The number of hydrogen-bond acceptors (Lipinski definition) is 6. The molecule has 2 aromatic carbocycles. The highest BCUT2D eigenvalue weighted by atomic mass is 16.5. The number of benzene rings is 2. The van der Waals surface area contributed by atoms with Crippen LogP contribution in [0.3, 0.4) is 0 Å². The molecule has 140 valence electrons. The molecule has 1 unspecified atom stereocenters. The first kappa shape index (κ1) is 18.3. The summed E-state index contributed by atoms with van der Waals surface area (Å²) in [5.41, 5.74) is 0.782. The molecule has 0 spiro atoms. The summed E-state index contributed by atoms with van der Waals surface area (Å²) in [6.45, 7) is 2.11. The number of hydrogen-bond donors (Lipinski definition) is 3. The Morgan fingerprint density at radius 3 is 2.67 bits per heavy atom. The van der Waals surface area contributed by atoms with Crippen molar-refractivity contribution < 1.29 is 29.3 Å². The Morgan fingerprint density at radius 2 is 1.96 bits per heavy atom. The van der Waals surface area contributed by atoms with Gasteiger partial charge in [-0.25, -0.2) is 0 Å². The van der Waals surface area contributed by atoms with Crippen LogP contribution in [0.15, 0.2) is 48.0 Å². The van der Waals surface area contributed by atoms with E-state index in [-0.39, 0.29) is 22.8 Å². The fraction of sp³-hybridized carbons (Fsp3) is 0.200. The van der Waals surface area contributed by atoms with Gasteiger partial charge in [0.15, 0.2) is 11.5 Å². The SMILES string of the molecule is CCOc1cc(C2NC(=O)C(=O)C2=C(O)c2cccc(OC)c2)ccc1O. The van der Waals surface area contributed by atoms with Crippen LogP contribution >= 0.6 is 0 Å². The van der Waals surface area contributed by atoms with E-state index < -0.39 is 17.7 Å². The lowest BCUT2D eigenvalue weighted by Gasteiger charge is -2.16. The largest absolute Gasteiger partial charge is 0.507 e. The summed E-state index contributed by atoms with van der Waals surface area (Å²) in [5.74, 6) is -1.26. The third-order valence-electron chi connectivity index (χ3n) is 4.23. The lowest BCUT2D eigenvalue weighted by Crippen LogP contribution is -2.21. The third kappa shape index (κ3) is 3.44. The number of carbonyl (C=O) groups excluding carboxylic acids is 2. The predicted molar refractivity (Wildman–Crippen MR) is 97.7 cm³/mol. The molecule has 3 N–H and O–H groups in total. The minimum Gasteiger partial charge on any atom is -0.507 e. The van der Waals surface area contributed by atoms with E-state index in [0.717, 1.165) is 0 Å². The van der Waals surface area contributed by atoms with Crippen LogP contribution in [0.5, 0.6) is 17.2 Å². The van der Waals surface area contributed by atoms with Gasteiger partial charge in [-0.1, -0.05) is 18.2 Å². The molecule has 1 saturated heterocycles. The molecule has 27 heavy (non-hydrogen) atoms. The maximum absolute atomic E-state index is 12.4. The lowest BCUT2D eigenvalue weighted by atomic mass is 9.95. The quantitative estimate of drug-likeness (QED) is 0.425. The van der Waals surface area contributed by atoms with Gasteiger partial charge in [0.1, 0.15) is 11.5 Å². The van der Waals surface area contributed by atoms with Crippen molar-refractivity contribution in [1.29, 1.82) is 0 Å². The van der Waals surface area contributed by atoms with Crippen molar-refractivity contribution >= 4 is 17.4 Å². The van der Waals surface area contributed by atoms with Gasteiger partial charge in [0, 0.05) is 5.56 Å². The second-order valence-corrected chi connectivity index (χ2v) is 5.89. The molecule has 7 heteroatoms. The molecular weight excluding hydrogens is 350 g/mol. The van der Waals surface area contributed by atoms with E-state index in [1.165, 1.54) is 19.2 Å². The Balaban J connectivity index is 2.10. The van der Waals surface area contributed by atoms with Crippen LogP contribution in [0.1, 0.15) is 24.1 Å². The molecule has 0 aliphatic carbocycles. The van der Waals surface area contributed by atoms with Crippen molar-refractivity contribution in [2.75, 3.05) is 13.7 Å². The molecule has 1 aliphatic rings. The number of aromatic hydroxyl groups is 1. The molecule has 3 rings (SSSR count). The number of Topliss-reactive ketones (excluding diaryl/α,β-unsaturated/α-hetero) is 1. The zero-order valence-corrected chi connectivity index (χ0v) is 14.9. The maximum atomic E-state index is 12.4. The van der Waals surface area contributed by atoms with E-state index in [1.807, 2.05) is 0 Å². The molecule has 0 saturated carbocycles. The number of ketones is 1. The number of methoxy groups -OCH3 is 1. The predicted octanol–water partition coefficient (Wildman–Crippen LogP) is 2.51. The van der Waals surface area contributed by atoms with Crippen LogP contribution in [0.25, 0.3) is 5.76 Å². The molecule has 1 aliphatic heterocycles. The summed E-state index contributed by atoms with van der Waals surface area (Å²) in [7, 11) is 1.49. The number of rotatable bonds is 5. The minimum atomic E-state index is -0.865. The van der Waals surface area contributed by atoms with Crippen molar-refractivity contribution in [3.63, 3.8) is 0 Å². The van der Waals surface area contributed by atoms with E-state index >= 15 is 0 Å². The van der Waals surface area contributed by atoms with E-state index in [4.69, 9.17) is 9.47 Å². The van der Waals surface area contributed by atoms with Crippen LogP contribution in [0.4, 0.5) is 0 Å². The van der Waals surface area contributed by atoms with Crippen LogP contribution in [-0.2, 0) is 9.59 Å². The molecule has 0 radical (unpaired) electrons. The van der Waals surface area contributed by atoms with Gasteiger partial charge in [0.05, 0.1) is 25.3 Å². The van der Waals surface area contributed by atoms with E-state index in [0.29, 0.717) is 23.5 Å². The average molecular weight is 369 g/mol. The fourth-order valence-corrected chi connectivity index (χ4v) is 2.92. The van der Waals surface area contributed by atoms with Gasteiger partial charge in [-0.15, -0.1) is 0 Å². The zero-order chi connectivity index (χ0) is 19.6. The second-order valence-electron chi connectivity index (χ2n) is 5.89. The fourth-order valence-electron chi connectivity index (χ4n) is 2.92. The molecule has 1 amide bonds. The summed E-state index contributed by atoms with van der Waals surface area (Å²) in [4.78, 5) is 24.4. The highest BCUT2D eigenvalue weighted by Gasteiger charge is 2.39. The number of phenolic OH excluding ortho intramolecular Hbond substituents is 1. The van der Waals surface area contributed by atoms with E-state index in [9.17, 15) is 19.8 Å². The standard InChI is InChI=1S/C20H19NO6/c1-3-27-15-10-11(7-8-14(15)22)17-16(19(24)20(25)21-17)18(23)12-5-4-6-13(9-12)26-2/h4-10,17,22-23H,3H2,1-2H3,(H,21,25). The van der Waals surface area contributed by atoms with Gasteiger partial charge in [0.2, 0.25) is 0 Å². The Hall–Kier alpha value is -3.48. The van der Waals surface area contributed by atoms with Crippen molar-refractivity contribution in [2.24, 2.45) is 0 Å². The van der Waals surface area contributed by atoms with Crippen LogP contribution in [-0.4, -0.2) is 35.6 Å². The minimum absolute atomic E-state index is 0.0567. The number of ether oxygens (including phenoxy) is 2. The number of aliphatic hydroxyl groups is 1. The van der Waals surface area contributed by atoms with Gasteiger partial charge in [-0.2, -0.15) is 0 Å². The normalized spacial score (nSPS) is 18.2. The Morgan fingerprint density at radius 1 is 1.19 bits per heavy atom. The molecule has 0 aromatic heterocycles. The maximum Gasteiger partial charge on any atom is 0.293 e. The smallest absolute Gasteiger partial charge is 0.293 e. The van der Waals surface area contributed by atoms with Gasteiger partial charge >= 0.3 is 0 Å². The number of carbonyl (C=O) groups is 2. The molecule has 1 fully saturated rings. The molecular formula is C20H19NO6. The highest BCUT2D eigenvalue weighted by Crippen LogP contribution is 2.37. The summed E-state index contributed by atoms with van der Waals surface area (Å²) in [6, 6.07) is 10.2. The zero-order valence-electron chi connectivity index (χ0n) is 14.9. The van der Waals surface area contributed by atoms with Crippen molar-refractivity contribution in [1.82, 2.24) is 5.32 Å². The lowest BCUT2D eigenvalue weighted by molar-refractivity contribution is -0.133. The second kappa shape index (κ2) is 7.41. The summed E-state index contributed by atoms with van der Waals surface area (Å²) < 4.78 is 10.5. The van der Waals surface area contributed by atoms with Gasteiger partial charge in [-0.3, -0.25) is 9.59 Å². The third-order valence-corrected chi connectivity index (χ3v) is 4.23. The van der Waals surface area contributed by atoms with Crippen molar-refractivity contribution in [3.8, 4) is 17.2 Å². The van der Waals surface area contributed by atoms with Crippen LogP contribution in [0.2, 0.25) is 0 Å². The molecule has 1 atom stereocenters. The Kier molecular flexibility index (Phi) is 5.03. The topological polar surface area (TPSA) is 105 Å². The van der Waals surface area contributed by atoms with Gasteiger partial charge in [0.25, 0.3) is 11.7 Å². The Labute approximate surface area is 155 Å². The van der Waals surface area contributed by atoms with Crippen molar-refractivity contribution in [2.45, 2.75) is 13.0 Å².